The molecule has 162 valence electrons. The van der Waals surface area contributed by atoms with Crippen LogP contribution in [-0.4, -0.2) is 30.9 Å². The van der Waals surface area contributed by atoms with Gasteiger partial charge in [0, 0.05) is 10.9 Å². The lowest BCUT2D eigenvalue weighted by Crippen LogP contribution is -2.07. The Bertz CT molecular complexity index is 1050. The zero-order chi connectivity index (χ0) is 22.1. The Morgan fingerprint density at radius 1 is 1.23 bits per heavy atom. The molecule has 3 rings (SSSR count). The number of aromatic nitrogens is 1. The minimum Gasteiger partial charge on any atom is -0.496 e. The number of hydrogen-bond acceptors (Lipinski definition) is 8. The van der Waals surface area contributed by atoms with Crippen LogP contribution in [0.25, 0.3) is 0 Å². The summed E-state index contributed by atoms with van der Waals surface area (Å²) in [5.74, 6) is 1.30. The molecule has 1 heterocycles. The summed E-state index contributed by atoms with van der Waals surface area (Å²) >= 11 is 1.38. The summed E-state index contributed by atoms with van der Waals surface area (Å²) in [5.41, 5.74) is 6.43. The van der Waals surface area contributed by atoms with Crippen molar-refractivity contribution < 1.29 is 19.0 Å². The van der Waals surface area contributed by atoms with Crippen LogP contribution < -0.4 is 14.9 Å². The maximum atomic E-state index is 11.5. The fourth-order valence-electron chi connectivity index (χ4n) is 2.83. The van der Waals surface area contributed by atoms with Crippen LogP contribution in [0.15, 0.2) is 52.9 Å². The number of ether oxygens (including phenoxy) is 3. The molecule has 0 fully saturated rings. The van der Waals surface area contributed by atoms with Gasteiger partial charge < -0.3 is 14.2 Å². The lowest BCUT2D eigenvalue weighted by molar-refractivity contribution is -0.142. The lowest BCUT2D eigenvalue weighted by atomic mass is 10.1. The van der Waals surface area contributed by atoms with E-state index in [0.29, 0.717) is 24.0 Å². The number of aryl methyl sites for hydroxylation is 1. The molecular formula is C23H25N3O4S. The number of carbonyl (C=O) groups excluding carboxylic acids is 1. The largest absolute Gasteiger partial charge is 0.496 e. The molecule has 2 aromatic carbocycles. The second kappa shape index (κ2) is 11.1. The van der Waals surface area contributed by atoms with Gasteiger partial charge in [0.15, 0.2) is 0 Å². The molecule has 0 atom stereocenters. The van der Waals surface area contributed by atoms with Crippen LogP contribution in [0, 0.1) is 6.92 Å². The van der Waals surface area contributed by atoms with Gasteiger partial charge in [-0.2, -0.15) is 5.10 Å². The Hall–Kier alpha value is -3.39. The summed E-state index contributed by atoms with van der Waals surface area (Å²) in [6.45, 7) is 4.53. The van der Waals surface area contributed by atoms with E-state index >= 15 is 0 Å². The van der Waals surface area contributed by atoms with Crippen LogP contribution in [-0.2, 0) is 22.6 Å². The number of methoxy groups -OCH3 is 1. The Morgan fingerprint density at radius 3 is 2.84 bits per heavy atom. The maximum Gasteiger partial charge on any atom is 0.311 e. The van der Waals surface area contributed by atoms with Gasteiger partial charge in [-0.05, 0) is 49.2 Å². The maximum absolute atomic E-state index is 11.5. The summed E-state index contributed by atoms with van der Waals surface area (Å²) in [6, 6.07) is 13.7. The van der Waals surface area contributed by atoms with Crippen molar-refractivity contribution in [2.45, 2.75) is 26.9 Å². The Labute approximate surface area is 185 Å². The number of benzene rings is 2. The van der Waals surface area contributed by atoms with E-state index in [1.165, 1.54) is 11.3 Å². The lowest BCUT2D eigenvalue weighted by Gasteiger charge is -2.12. The summed E-state index contributed by atoms with van der Waals surface area (Å²) < 4.78 is 16.4. The molecular weight excluding hydrogens is 414 g/mol. The van der Waals surface area contributed by atoms with Gasteiger partial charge >= 0.3 is 5.97 Å². The SMILES string of the molecule is CCOC(=O)Cc1csc(NN=Cc2ccc(OC)c(COc3ccccc3C)c2)n1. The van der Waals surface area contributed by atoms with Crippen molar-refractivity contribution in [3.8, 4) is 11.5 Å². The number of nitrogens with one attached hydrogen (secondary N) is 1. The standard InChI is InChI=1S/C23H25N3O4S/c1-4-29-22(27)12-19-15-31-23(25-19)26-24-13-17-9-10-21(28-3)18(11-17)14-30-20-8-6-5-7-16(20)2/h5-11,13,15H,4,12,14H2,1-3H3,(H,25,26). The minimum atomic E-state index is -0.290. The number of rotatable bonds is 10. The van der Waals surface area contributed by atoms with Gasteiger partial charge in [-0.15, -0.1) is 11.3 Å². The first-order chi connectivity index (χ1) is 15.1. The van der Waals surface area contributed by atoms with E-state index in [1.54, 1.807) is 20.2 Å². The first-order valence-corrected chi connectivity index (χ1v) is 10.7. The minimum absolute atomic E-state index is 0.151. The summed E-state index contributed by atoms with van der Waals surface area (Å²) in [7, 11) is 1.64. The number of hydrazone groups is 1. The third kappa shape index (κ3) is 6.55. The molecule has 0 aliphatic heterocycles. The molecule has 0 spiro atoms. The molecule has 0 amide bonds. The highest BCUT2D eigenvalue weighted by molar-refractivity contribution is 7.13. The van der Waals surface area contributed by atoms with Gasteiger partial charge in [-0.3, -0.25) is 10.2 Å². The molecule has 0 saturated heterocycles. The normalized spacial score (nSPS) is 10.8. The molecule has 0 radical (unpaired) electrons. The number of para-hydroxylation sites is 1. The van der Waals surface area contributed by atoms with Gasteiger partial charge in [0.25, 0.3) is 0 Å². The Kier molecular flexibility index (Phi) is 8.00. The van der Waals surface area contributed by atoms with Crippen LogP contribution in [0.2, 0.25) is 0 Å². The average Bonchev–Trinajstić information content (AvgIpc) is 3.20. The van der Waals surface area contributed by atoms with E-state index in [2.05, 4.69) is 15.5 Å². The van der Waals surface area contributed by atoms with Crippen molar-refractivity contribution >= 4 is 28.7 Å². The molecule has 0 aliphatic carbocycles. The average molecular weight is 440 g/mol. The van der Waals surface area contributed by atoms with Crippen molar-refractivity contribution in [2.24, 2.45) is 5.10 Å². The van der Waals surface area contributed by atoms with Crippen molar-refractivity contribution in [1.29, 1.82) is 0 Å². The van der Waals surface area contributed by atoms with E-state index in [4.69, 9.17) is 14.2 Å². The summed E-state index contributed by atoms with van der Waals surface area (Å²) in [5, 5.41) is 6.66. The van der Waals surface area contributed by atoms with Crippen molar-refractivity contribution in [3.05, 3.63) is 70.2 Å². The first-order valence-electron chi connectivity index (χ1n) is 9.83. The van der Waals surface area contributed by atoms with Gasteiger partial charge in [0.1, 0.15) is 18.1 Å². The van der Waals surface area contributed by atoms with E-state index in [0.717, 1.165) is 28.2 Å². The van der Waals surface area contributed by atoms with Crippen LogP contribution in [0.5, 0.6) is 11.5 Å². The number of anilines is 1. The molecule has 31 heavy (non-hydrogen) atoms. The molecule has 1 aromatic heterocycles. The highest BCUT2D eigenvalue weighted by Gasteiger charge is 2.09. The van der Waals surface area contributed by atoms with E-state index in [1.807, 2.05) is 54.8 Å². The predicted molar refractivity (Wildman–Crippen MR) is 122 cm³/mol. The molecule has 0 bridgehead atoms. The molecule has 0 aliphatic rings. The smallest absolute Gasteiger partial charge is 0.311 e. The number of hydrogen-bond donors (Lipinski definition) is 1. The highest BCUT2D eigenvalue weighted by atomic mass is 32.1. The third-order valence-electron chi connectivity index (χ3n) is 4.34. The molecule has 0 unspecified atom stereocenters. The quantitative estimate of drug-likeness (QED) is 0.283. The van der Waals surface area contributed by atoms with Crippen LogP contribution in [0.3, 0.4) is 0 Å². The number of carbonyl (C=O) groups is 1. The van der Waals surface area contributed by atoms with Crippen molar-refractivity contribution in [3.63, 3.8) is 0 Å². The summed E-state index contributed by atoms with van der Waals surface area (Å²) in [6.07, 6.45) is 1.85. The van der Waals surface area contributed by atoms with E-state index < -0.39 is 0 Å². The Morgan fingerprint density at radius 2 is 2.06 bits per heavy atom. The Balaban J connectivity index is 1.62. The molecule has 0 saturated carbocycles. The predicted octanol–water partition coefficient (Wildman–Crippen LogP) is 4.59. The second-order valence-electron chi connectivity index (χ2n) is 6.62. The molecule has 3 aromatic rings. The number of esters is 1. The van der Waals surface area contributed by atoms with Crippen LogP contribution in [0.4, 0.5) is 5.13 Å². The first kappa shape index (κ1) is 22.3. The second-order valence-corrected chi connectivity index (χ2v) is 7.48. The zero-order valence-corrected chi connectivity index (χ0v) is 18.6. The topological polar surface area (TPSA) is 82.0 Å². The van der Waals surface area contributed by atoms with Crippen LogP contribution >= 0.6 is 11.3 Å². The molecule has 8 heteroatoms. The van der Waals surface area contributed by atoms with E-state index in [-0.39, 0.29) is 12.4 Å². The van der Waals surface area contributed by atoms with Crippen LogP contribution in [0.1, 0.15) is 29.3 Å². The van der Waals surface area contributed by atoms with Crippen molar-refractivity contribution in [2.75, 3.05) is 19.1 Å². The van der Waals surface area contributed by atoms with Gasteiger partial charge in [0.2, 0.25) is 5.13 Å². The van der Waals surface area contributed by atoms with E-state index in [9.17, 15) is 4.79 Å². The van der Waals surface area contributed by atoms with Gasteiger partial charge in [0.05, 0.1) is 32.0 Å². The summed E-state index contributed by atoms with van der Waals surface area (Å²) in [4.78, 5) is 15.9. The number of nitrogens with zero attached hydrogens (tertiary/aromatic N) is 2. The molecule has 1 N–H and O–H groups in total. The van der Waals surface area contributed by atoms with Gasteiger partial charge in [-0.1, -0.05) is 18.2 Å². The highest BCUT2D eigenvalue weighted by Crippen LogP contribution is 2.23. The number of thiazole rings is 1. The fourth-order valence-corrected chi connectivity index (χ4v) is 3.49. The van der Waals surface area contributed by atoms with Crippen molar-refractivity contribution in [1.82, 2.24) is 4.98 Å². The third-order valence-corrected chi connectivity index (χ3v) is 5.13. The monoisotopic (exact) mass is 439 g/mol. The zero-order valence-electron chi connectivity index (χ0n) is 17.8. The molecule has 7 nitrogen and oxygen atoms in total. The van der Waals surface area contributed by atoms with Gasteiger partial charge in [-0.25, -0.2) is 4.98 Å². The fraction of sp³-hybridized carbons (Fsp3) is 0.261.